The molecule has 0 amide bonds. The van der Waals surface area contributed by atoms with Crippen LogP contribution in [0.1, 0.15) is 15.4 Å². The van der Waals surface area contributed by atoms with Crippen LogP contribution in [-0.2, 0) is 6.18 Å². The molecule has 0 atom stereocenters. The van der Waals surface area contributed by atoms with Crippen molar-refractivity contribution in [1.82, 2.24) is 9.38 Å². The van der Waals surface area contributed by atoms with E-state index in [4.69, 9.17) is 5.11 Å². The fourth-order valence-corrected chi connectivity index (χ4v) is 1.90. The molecule has 80 valence electrons. The minimum absolute atomic E-state index is 0.0136. The molecule has 2 rings (SSSR count). The van der Waals surface area contributed by atoms with Crippen molar-refractivity contribution >= 4 is 22.3 Å². The van der Waals surface area contributed by atoms with Gasteiger partial charge in [0.15, 0.2) is 10.7 Å². The number of rotatable bonds is 1. The van der Waals surface area contributed by atoms with E-state index < -0.39 is 17.0 Å². The van der Waals surface area contributed by atoms with Gasteiger partial charge in [0.05, 0.1) is 6.20 Å². The van der Waals surface area contributed by atoms with Crippen LogP contribution in [-0.4, -0.2) is 20.5 Å². The highest BCUT2D eigenvalue weighted by atomic mass is 32.1. The summed E-state index contributed by atoms with van der Waals surface area (Å²) in [5.74, 6) is -1.31. The number of carboxylic acids is 1. The molecule has 0 fully saturated rings. The molecule has 2 heterocycles. The summed E-state index contributed by atoms with van der Waals surface area (Å²) in [5, 5.41) is 8.65. The molecule has 15 heavy (non-hydrogen) atoms. The van der Waals surface area contributed by atoms with Gasteiger partial charge >= 0.3 is 12.1 Å². The number of fused-ring (bicyclic) bond motifs is 1. The topological polar surface area (TPSA) is 54.6 Å². The summed E-state index contributed by atoms with van der Waals surface area (Å²) < 4.78 is 37.7. The van der Waals surface area contributed by atoms with Crippen LogP contribution in [0.25, 0.3) is 4.96 Å². The first kappa shape index (κ1) is 9.97. The standard InChI is InChI=1S/C7H3F3N2O2S/c8-7(9,10)4-2-12-3(5(13)14)1-11-6(12)15-4/h1-2H,(H,13,14). The smallest absolute Gasteiger partial charge is 0.427 e. The van der Waals surface area contributed by atoms with Crippen LogP contribution in [0.4, 0.5) is 13.2 Å². The number of aromatic carboxylic acids is 1. The third-order valence-electron chi connectivity index (χ3n) is 1.71. The third kappa shape index (κ3) is 1.56. The van der Waals surface area contributed by atoms with Gasteiger partial charge in [0, 0.05) is 6.20 Å². The first-order valence-electron chi connectivity index (χ1n) is 3.67. The molecule has 0 radical (unpaired) electrons. The normalized spacial score (nSPS) is 12.2. The first-order chi connectivity index (χ1) is 6.89. The summed E-state index contributed by atoms with van der Waals surface area (Å²) in [6.45, 7) is 0. The number of thiazole rings is 1. The van der Waals surface area contributed by atoms with E-state index in [-0.39, 0.29) is 10.7 Å². The molecule has 0 spiro atoms. The van der Waals surface area contributed by atoms with Crippen LogP contribution < -0.4 is 0 Å². The highest BCUT2D eigenvalue weighted by Crippen LogP contribution is 2.34. The van der Waals surface area contributed by atoms with E-state index in [9.17, 15) is 18.0 Å². The molecule has 0 unspecified atom stereocenters. The number of carbonyl (C=O) groups is 1. The highest BCUT2D eigenvalue weighted by molar-refractivity contribution is 7.17. The minimum atomic E-state index is -4.47. The van der Waals surface area contributed by atoms with Gasteiger partial charge in [0.25, 0.3) is 0 Å². The van der Waals surface area contributed by atoms with E-state index in [1.54, 1.807) is 0 Å². The first-order valence-corrected chi connectivity index (χ1v) is 4.48. The molecular formula is C7H3F3N2O2S. The van der Waals surface area contributed by atoms with Gasteiger partial charge in [-0.1, -0.05) is 11.3 Å². The van der Waals surface area contributed by atoms with E-state index in [2.05, 4.69) is 4.98 Å². The van der Waals surface area contributed by atoms with E-state index >= 15 is 0 Å². The van der Waals surface area contributed by atoms with Gasteiger partial charge in [-0.3, -0.25) is 4.40 Å². The third-order valence-corrected chi connectivity index (χ3v) is 2.75. The lowest BCUT2D eigenvalue weighted by atomic mass is 10.5. The maximum absolute atomic E-state index is 12.3. The molecule has 1 N–H and O–H groups in total. The molecule has 0 bridgehead atoms. The van der Waals surface area contributed by atoms with Crippen LogP contribution in [0.15, 0.2) is 12.4 Å². The van der Waals surface area contributed by atoms with E-state index in [1.165, 1.54) is 0 Å². The lowest BCUT2D eigenvalue weighted by molar-refractivity contribution is -0.134. The Morgan fingerprint density at radius 3 is 2.73 bits per heavy atom. The summed E-state index contributed by atoms with van der Waals surface area (Å²) in [4.78, 5) is 13.3. The largest absolute Gasteiger partial charge is 0.477 e. The van der Waals surface area contributed by atoms with Crippen molar-refractivity contribution in [3.8, 4) is 0 Å². The molecule has 0 saturated carbocycles. The Kier molecular flexibility index (Phi) is 1.97. The van der Waals surface area contributed by atoms with Gasteiger partial charge in [0.2, 0.25) is 0 Å². The Balaban J connectivity index is 2.62. The van der Waals surface area contributed by atoms with Crippen LogP contribution in [0.2, 0.25) is 0 Å². The zero-order chi connectivity index (χ0) is 11.2. The number of alkyl halides is 3. The van der Waals surface area contributed by atoms with E-state index in [0.29, 0.717) is 11.3 Å². The Hall–Kier alpha value is -1.57. The van der Waals surface area contributed by atoms with Gasteiger partial charge in [-0.2, -0.15) is 13.2 Å². The summed E-state index contributed by atoms with van der Waals surface area (Å²) in [6, 6.07) is 0. The summed E-state index contributed by atoms with van der Waals surface area (Å²) in [7, 11) is 0. The van der Waals surface area contributed by atoms with Crippen LogP contribution in [0.5, 0.6) is 0 Å². The second-order valence-electron chi connectivity index (χ2n) is 2.69. The average Bonchev–Trinajstić information content (AvgIpc) is 2.56. The SMILES string of the molecule is O=C(O)c1cnc2sc(C(F)(F)F)cn12. The maximum atomic E-state index is 12.3. The number of hydrogen-bond acceptors (Lipinski definition) is 3. The number of halogens is 3. The molecule has 0 aliphatic heterocycles. The van der Waals surface area contributed by atoms with Crippen LogP contribution >= 0.6 is 11.3 Å². The van der Waals surface area contributed by atoms with E-state index in [1.807, 2.05) is 0 Å². The number of aromatic nitrogens is 2. The van der Waals surface area contributed by atoms with Crippen molar-refractivity contribution in [2.75, 3.05) is 0 Å². The quantitative estimate of drug-likeness (QED) is 0.825. The van der Waals surface area contributed by atoms with Gasteiger partial charge in [-0.25, -0.2) is 9.78 Å². The lowest BCUT2D eigenvalue weighted by Gasteiger charge is -1.99. The second kappa shape index (κ2) is 2.96. The van der Waals surface area contributed by atoms with Crippen LogP contribution in [0, 0.1) is 0 Å². The second-order valence-corrected chi connectivity index (χ2v) is 3.70. The lowest BCUT2D eigenvalue weighted by Crippen LogP contribution is -2.03. The van der Waals surface area contributed by atoms with Gasteiger partial charge in [-0.15, -0.1) is 0 Å². The number of hydrogen-bond donors (Lipinski definition) is 1. The molecule has 4 nitrogen and oxygen atoms in total. The molecule has 0 aliphatic rings. The van der Waals surface area contributed by atoms with Crippen molar-refractivity contribution in [3.63, 3.8) is 0 Å². The molecule has 8 heteroatoms. The molecule has 2 aromatic rings. The monoisotopic (exact) mass is 236 g/mol. The van der Waals surface area contributed by atoms with Crippen LogP contribution in [0.3, 0.4) is 0 Å². The molecular weight excluding hydrogens is 233 g/mol. The summed E-state index contributed by atoms with van der Waals surface area (Å²) in [5.41, 5.74) is -0.281. The summed E-state index contributed by atoms with van der Waals surface area (Å²) in [6.07, 6.45) is -2.72. The predicted octanol–water partition coefficient (Wildman–Crippen LogP) is 2.11. The summed E-state index contributed by atoms with van der Waals surface area (Å²) >= 11 is 0.406. The Morgan fingerprint density at radius 2 is 2.20 bits per heavy atom. The zero-order valence-electron chi connectivity index (χ0n) is 6.95. The number of nitrogens with zero attached hydrogens (tertiary/aromatic N) is 2. The molecule has 0 saturated heterocycles. The highest BCUT2D eigenvalue weighted by Gasteiger charge is 2.34. The molecule has 2 aromatic heterocycles. The zero-order valence-corrected chi connectivity index (χ0v) is 7.76. The van der Waals surface area contributed by atoms with Crippen molar-refractivity contribution < 1.29 is 23.1 Å². The fourth-order valence-electron chi connectivity index (χ4n) is 1.08. The molecule has 0 aliphatic carbocycles. The van der Waals surface area contributed by atoms with Gasteiger partial charge in [0.1, 0.15) is 4.88 Å². The van der Waals surface area contributed by atoms with Gasteiger partial charge < -0.3 is 5.11 Å². The van der Waals surface area contributed by atoms with Gasteiger partial charge in [-0.05, 0) is 0 Å². The Labute approximate surface area is 84.6 Å². The number of carboxylic acid groups (broad SMARTS) is 1. The molecule has 0 aromatic carbocycles. The Bertz CT molecular complexity index is 528. The predicted molar refractivity (Wildman–Crippen MR) is 45.0 cm³/mol. The van der Waals surface area contributed by atoms with Crippen molar-refractivity contribution in [3.05, 3.63) is 23.0 Å². The van der Waals surface area contributed by atoms with Crippen molar-refractivity contribution in [2.45, 2.75) is 6.18 Å². The van der Waals surface area contributed by atoms with E-state index in [0.717, 1.165) is 16.8 Å². The maximum Gasteiger partial charge on any atom is 0.427 e. The van der Waals surface area contributed by atoms with Crippen molar-refractivity contribution in [2.24, 2.45) is 0 Å². The average molecular weight is 236 g/mol. The minimum Gasteiger partial charge on any atom is -0.477 e. The fraction of sp³-hybridized carbons (Fsp3) is 0.143. The van der Waals surface area contributed by atoms with Crippen molar-refractivity contribution in [1.29, 1.82) is 0 Å². The Morgan fingerprint density at radius 1 is 1.53 bits per heavy atom. The number of imidazole rings is 1.